The molecule has 0 aliphatic carbocycles. The molecule has 0 aromatic heterocycles. The van der Waals surface area contributed by atoms with Crippen molar-refractivity contribution in [1.29, 1.82) is 0 Å². The highest BCUT2D eigenvalue weighted by Crippen LogP contribution is 2.20. The van der Waals surface area contributed by atoms with E-state index < -0.39 is 35.9 Å². The fourth-order valence-corrected chi connectivity index (χ4v) is 2.01. The summed E-state index contributed by atoms with van der Waals surface area (Å²) in [7, 11) is 0. The number of anilines is 2. The normalized spacial score (nSPS) is 10.2. The zero-order valence-electron chi connectivity index (χ0n) is 13.2. The van der Waals surface area contributed by atoms with E-state index >= 15 is 0 Å². The molecule has 0 heterocycles. The minimum atomic E-state index is -1.63. The molecule has 0 saturated carbocycles. The van der Waals surface area contributed by atoms with E-state index in [1.54, 1.807) is 19.1 Å². The van der Waals surface area contributed by atoms with Crippen molar-refractivity contribution in [3.8, 4) is 0 Å². The molecule has 0 atom stereocenters. The Balaban J connectivity index is 2.04. The van der Waals surface area contributed by atoms with Gasteiger partial charge in [0.15, 0.2) is 17.5 Å². The van der Waals surface area contributed by atoms with Crippen molar-refractivity contribution in [2.24, 2.45) is 0 Å². The van der Waals surface area contributed by atoms with Crippen molar-refractivity contribution in [2.75, 3.05) is 23.8 Å². The van der Waals surface area contributed by atoms with Crippen LogP contribution in [0.2, 0.25) is 0 Å². The second-order valence-corrected chi connectivity index (χ2v) is 4.89. The van der Waals surface area contributed by atoms with Crippen molar-refractivity contribution < 1.29 is 27.5 Å². The fraction of sp³-hybridized carbons (Fsp3) is 0.176. The van der Waals surface area contributed by atoms with Gasteiger partial charge in [0.25, 0.3) is 0 Å². The third kappa shape index (κ3) is 4.50. The molecule has 2 aromatic rings. The summed E-state index contributed by atoms with van der Waals surface area (Å²) in [5.41, 5.74) is 0.0305. The molecule has 1 amide bonds. The lowest BCUT2D eigenvalue weighted by Crippen LogP contribution is -2.23. The van der Waals surface area contributed by atoms with Crippen LogP contribution in [-0.4, -0.2) is 25.0 Å². The van der Waals surface area contributed by atoms with Gasteiger partial charge < -0.3 is 15.4 Å². The van der Waals surface area contributed by atoms with Crippen LogP contribution < -0.4 is 10.6 Å². The second-order valence-electron chi connectivity index (χ2n) is 4.89. The highest BCUT2D eigenvalue weighted by atomic mass is 19.2. The van der Waals surface area contributed by atoms with Crippen molar-refractivity contribution in [1.82, 2.24) is 0 Å². The summed E-state index contributed by atoms with van der Waals surface area (Å²) in [5.74, 6) is -5.58. The van der Waals surface area contributed by atoms with Gasteiger partial charge in [-0.1, -0.05) is 12.1 Å². The van der Waals surface area contributed by atoms with Crippen LogP contribution in [0, 0.1) is 17.5 Å². The predicted molar refractivity (Wildman–Crippen MR) is 85.8 cm³/mol. The van der Waals surface area contributed by atoms with Crippen LogP contribution in [0.1, 0.15) is 17.3 Å². The van der Waals surface area contributed by atoms with Gasteiger partial charge in [0.05, 0.1) is 30.1 Å². The first-order valence-corrected chi connectivity index (χ1v) is 7.37. The number of nitrogens with one attached hydrogen (secondary N) is 2. The Hall–Kier alpha value is -3.03. The number of hydrogen-bond acceptors (Lipinski definition) is 4. The summed E-state index contributed by atoms with van der Waals surface area (Å²) >= 11 is 0. The summed E-state index contributed by atoms with van der Waals surface area (Å²) in [5, 5.41) is 4.84. The number of carbonyl (C=O) groups excluding carboxylic acids is 2. The van der Waals surface area contributed by atoms with Gasteiger partial charge in [0.2, 0.25) is 5.91 Å². The fourth-order valence-electron chi connectivity index (χ4n) is 2.01. The summed E-state index contributed by atoms with van der Waals surface area (Å²) in [6.45, 7) is 1.41. The van der Waals surface area contributed by atoms with Crippen LogP contribution in [0.25, 0.3) is 0 Å². The molecule has 8 heteroatoms. The molecule has 2 aromatic carbocycles. The molecular formula is C17H15F3N2O3. The number of esters is 1. The van der Waals surface area contributed by atoms with E-state index in [9.17, 15) is 22.8 Å². The van der Waals surface area contributed by atoms with E-state index in [0.29, 0.717) is 0 Å². The molecule has 2 rings (SSSR count). The molecule has 2 N–H and O–H groups in total. The standard InChI is InChI=1S/C17H15F3N2O3/c1-2-25-17(24)10-5-3-4-6-12(10)22-14(23)9-21-13-8-7-11(18)15(19)16(13)20/h3-8,21H,2,9H2,1H3,(H,22,23). The first-order chi connectivity index (χ1) is 11.9. The molecule has 0 spiro atoms. The number of para-hydroxylation sites is 1. The first kappa shape index (κ1) is 18.3. The Labute approximate surface area is 141 Å². The number of ether oxygens (including phenoxy) is 1. The monoisotopic (exact) mass is 352 g/mol. The maximum atomic E-state index is 13.5. The summed E-state index contributed by atoms with van der Waals surface area (Å²) < 4.78 is 44.4. The smallest absolute Gasteiger partial charge is 0.340 e. The van der Waals surface area contributed by atoms with E-state index in [1.807, 2.05) is 0 Å². The Bertz CT molecular complexity index is 797. The van der Waals surface area contributed by atoms with Gasteiger partial charge in [-0.25, -0.2) is 18.0 Å². The maximum Gasteiger partial charge on any atom is 0.340 e. The Kier molecular flexibility index (Phi) is 5.99. The number of hydrogen-bond donors (Lipinski definition) is 2. The maximum absolute atomic E-state index is 13.5. The Morgan fingerprint density at radius 2 is 1.72 bits per heavy atom. The highest BCUT2D eigenvalue weighted by molar-refractivity contribution is 6.02. The quantitative estimate of drug-likeness (QED) is 0.618. The zero-order chi connectivity index (χ0) is 18.4. The minimum Gasteiger partial charge on any atom is -0.462 e. The van der Waals surface area contributed by atoms with Crippen molar-refractivity contribution in [3.63, 3.8) is 0 Å². The topological polar surface area (TPSA) is 67.4 Å². The molecule has 0 saturated heterocycles. The zero-order valence-corrected chi connectivity index (χ0v) is 13.2. The lowest BCUT2D eigenvalue weighted by Gasteiger charge is -2.12. The van der Waals surface area contributed by atoms with E-state index in [0.717, 1.165) is 12.1 Å². The van der Waals surface area contributed by atoms with Gasteiger partial charge in [-0.3, -0.25) is 4.79 Å². The number of rotatable bonds is 6. The second kappa shape index (κ2) is 8.18. The minimum absolute atomic E-state index is 0.164. The van der Waals surface area contributed by atoms with Crippen LogP contribution >= 0.6 is 0 Å². The van der Waals surface area contributed by atoms with E-state index in [2.05, 4.69) is 10.6 Å². The third-order valence-electron chi connectivity index (χ3n) is 3.17. The predicted octanol–water partition coefficient (Wildman–Crippen LogP) is 3.33. The highest BCUT2D eigenvalue weighted by Gasteiger charge is 2.16. The van der Waals surface area contributed by atoms with Crippen LogP contribution in [0.15, 0.2) is 36.4 Å². The van der Waals surface area contributed by atoms with Gasteiger partial charge in [-0.05, 0) is 31.2 Å². The number of halogens is 3. The molecular weight excluding hydrogens is 337 g/mol. The van der Waals surface area contributed by atoms with Crippen molar-refractivity contribution >= 4 is 23.3 Å². The van der Waals surface area contributed by atoms with E-state index in [4.69, 9.17) is 4.74 Å². The number of amides is 1. The van der Waals surface area contributed by atoms with Crippen LogP contribution in [0.4, 0.5) is 24.5 Å². The molecule has 0 radical (unpaired) electrons. The van der Waals surface area contributed by atoms with Gasteiger partial charge in [-0.15, -0.1) is 0 Å². The Morgan fingerprint density at radius 3 is 2.44 bits per heavy atom. The van der Waals surface area contributed by atoms with E-state index in [-0.39, 0.29) is 23.5 Å². The van der Waals surface area contributed by atoms with Gasteiger partial charge in [-0.2, -0.15) is 0 Å². The lowest BCUT2D eigenvalue weighted by atomic mass is 10.2. The Morgan fingerprint density at radius 1 is 1.00 bits per heavy atom. The summed E-state index contributed by atoms with van der Waals surface area (Å²) in [6.07, 6.45) is 0. The van der Waals surface area contributed by atoms with Gasteiger partial charge in [0.1, 0.15) is 0 Å². The lowest BCUT2D eigenvalue weighted by molar-refractivity contribution is -0.114. The average Bonchev–Trinajstić information content (AvgIpc) is 2.60. The number of benzene rings is 2. The molecule has 0 aliphatic heterocycles. The number of carbonyl (C=O) groups is 2. The van der Waals surface area contributed by atoms with Gasteiger partial charge >= 0.3 is 5.97 Å². The average molecular weight is 352 g/mol. The molecule has 25 heavy (non-hydrogen) atoms. The van der Waals surface area contributed by atoms with Crippen molar-refractivity contribution in [2.45, 2.75) is 6.92 Å². The van der Waals surface area contributed by atoms with Crippen molar-refractivity contribution in [3.05, 3.63) is 59.4 Å². The third-order valence-corrected chi connectivity index (χ3v) is 3.17. The van der Waals surface area contributed by atoms with Crippen LogP contribution in [0.5, 0.6) is 0 Å². The SMILES string of the molecule is CCOC(=O)c1ccccc1NC(=O)CNc1ccc(F)c(F)c1F. The molecule has 0 bridgehead atoms. The first-order valence-electron chi connectivity index (χ1n) is 7.37. The van der Waals surface area contributed by atoms with E-state index in [1.165, 1.54) is 12.1 Å². The molecule has 5 nitrogen and oxygen atoms in total. The molecule has 0 aliphatic rings. The molecule has 0 fully saturated rings. The van der Waals surface area contributed by atoms with Crippen LogP contribution in [0.3, 0.4) is 0 Å². The summed E-state index contributed by atoms with van der Waals surface area (Å²) in [6, 6.07) is 7.93. The summed E-state index contributed by atoms with van der Waals surface area (Å²) in [4.78, 5) is 23.8. The molecule has 132 valence electrons. The largest absolute Gasteiger partial charge is 0.462 e. The van der Waals surface area contributed by atoms with Crippen LogP contribution in [-0.2, 0) is 9.53 Å². The van der Waals surface area contributed by atoms with Gasteiger partial charge in [0, 0.05) is 0 Å². The molecule has 0 unspecified atom stereocenters.